The van der Waals surface area contributed by atoms with Crippen LogP contribution in [0.25, 0.3) is 11.1 Å². The molecule has 0 aromatic heterocycles. The quantitative estimate of drug-likeness (QED) is 0.340. The Morgan fingerprint density at radius 1 is 0.917 bits per heavy atom. The van der Waals surface area contributed by atoms with Gasteiger partial charge in [-0.15, -0.1) is 0 Å². The van der Waals surface area contributed by atoms with Crippen LogP contribution in [-0.2, 0) is 21.4 Å². The van der Waals surface area contributed by atoms with Crippen molar-refractivity contribution in [1.82, 2.24) is 15.5 Å². The van der Waals surface area contributed by atoms with Gasteiger partial charge in [-0.3, -0.25) is 18.7 Å². The second kappa shape index (κ2) is 13.4. The number of halogens is 1. The number of fused-ring (bicyclic) bond motifs is 7. The van der Waals surface area contributed by atoms with Crippen molar-refractivity contribution in [1.29, 1.82) is 0 Å². The van der Waals surface area contributed by atoms with E-state index in [4.69, 9.17) is 9.47 Å². The van der Waals surface area contributed by atoms with E-state index in [1.165, 1.54) is 36.2 Å². The van der Waals surface area contributed by atoms with E-state index in [1.807, 2.05) is 0 Å². The molecule has 3 heterocycles. The lowest BCUT2D eigenvalue weighted by molar-refractivity contribution is -0.123. The number of hydrogen-bond acceptors (Lipinski definition) is 7. The van der Waals surface area contributed by atoms with Gasteiger partial charge in [0.05, 0.1) is 30.1 Å². The van der Waals surface area contributed by atoms with Gasteiger partial charge in [0.1, 0.15) is 23.4 Å². The van der Waals surface area contributed by atoms with E-state index >= 15 is 4.39 Å². The average molecular weight is 673 g/mol. The third-order valence-electron chi connectivity index (χ3n) is 8.29. The van der Waals surface area contributed by atoms with E-state index in [0.717, 1.165) is 16.1 Å². The maximum absolute atomic E-state index is 15.1. The Morgan fingerprint density at radius 3 is 2.38 bits per heavy atom. The number of carbonyl (C=O) groups is 3. The number of sulfonamides is 1. The van der Waals surface area contributed by atoms with Crippen molar-refractivity contribution in [2.24, 2.45) is 0 Å². The summed E-state index contributed by atoms with van der Waals surface area (Å²) in [4.78, 5) is 41.2. The normalized spacial score (nSPS) is 18.1. The third-order valence-corrected chi connectivity index (χ3v) is 9.50. The fourth-order valence-electron chi connectivity index (χ4n) is 5.54. The molecule has 2 N–H and O–H groups in total. The van der Waals surface area contributed by atoms with Gasteiger partial charge < -0.3 is 25.0 Å². The van der Waals surface area contributed by atoms with Crippen molar-refractivity contribution in [2.75, 3.05) is 37.3 Å². The number of ether oxygens (including phenoxy) is 2. The molecule has 7 rings (SSSR count). The first-order chi connectivity index (χ1) is 22.9. The van der Waals surface area contributed by atoms with Crippen molar-refractivity contribution < 1.29 is 36.7 Å². The van der Waals surface area contributed by atoms with Gasteiger partial charge in [0.2, 0.25) is 10.0 Å². The van der Waals surface area contributed by atoms with Crippen LogP contribution in [0.15, 0.2) is 91.0 Å². The van der Waals surface area contributed by atoms with E-state index in [2.05, 4.69) is 10.6 Å². The number of likely N-dealkylation sites (tertiary alicyclic amines) is 1. The molecule has 2 atom stereocenters. The Bertz CT molecular complexity index is 1970. The fourth-order valence-corrected chi connectivity index (χ4v) is 6.04. The summed E-state index contributed by atoms with van der Waals surface area (Å²) in [5, 5.41) is 5.71. The molecule has 13 heteroatoms. The van der Waals surface area contributed by atoms with E-state index in [9.17, 15) is 22.8 Å². The Hall–Kier alpha value is -5.43. The summed E-state index contributed by atoms with van der Waals surface area (Å²) in [6.07, 6.45) is 0.397. The highest BCUT2D eigenvalue weighted by Gasteiger charge is 2.39. The minimum absolute atomic E-state index is 0.0744. The van der Waals surface area contributed by atoms with Gasteiger partial charge in [-0.05, 0) is 77.4 Å². The zero-order chi connectivity index (χ0) is 34.0. The first-order valence-electron chi connectivity index (χ1n) is 15.1. The average Bonchev–Trinajstić information content (AvgIpc) is 3.47. The molecule has 3 aliphatic heterocycles. The van der Waals surface area contributed by atoms with Crippen LogP contribution in [0.1, 0.15) is 26.3 Å². The second-order valence-corrected chi connectivity index (χ2v) is 13.7. The van der Waals surface area contributed by atoms with E-state index < -0.39 is 33.9 Å². The highest BCUT2D eigenvalue weighted by molar-refractivity contribution is 7.92. The number of rotatable bonds is 3. The summed E-state index contributed by atoms with van der Waals surface area (Å²) in [6.45, 7) is 0.249. The predicted molar refractivity (Wildman–Crippen MR) is 177 cm³/mol. The zero-order valence-corrected chi connectivity index (χ0v) is 27.0. The standard InChI is InChI=1S/C35H33FN4O7S/c1-39(48(2,44)45)26-11-8-23(9-12-26)35(43)40-19-31-32(20-40)47-27-13-6-22(7-14-27)18-37-33(41)21-46-28-5-3-4-24(16-28)25-10-15-30(36)29(17-25)34(42)38-31/h3-17,31-32H,18-21H2,1-2H3,(H,37,41)(H,38,42)/t31-,32-/m0/s1. The highest BCUT2D eigenvalue weighted by atomic mass is 32.2. The number of hydrogen-bond donors (Lipinski definition) is 2. The summed E-state index contributed by atoms with van der Waals surface area (Å²) in [7, 11) is -2.06. The Kier molecular flexibility index (Phi) is 9.05. The molecule has 1 saturated heterocycles. The Balaban J connectivity index is 1.30. The topological polar surface area (TPSA) is 134 Å². The SMILES string of the molecule is CN(c1ccc(C(=O)N2C[C@@H]3NC(=O)c4cc(ccc4F)-c4cccc(c4)OCC(=O)NCc4ccc(cc4)O[C@H]3C2)cc1)S(C)(=O)=O. The molecule has 4 aromatic carbocycles. The number of amides is 3. The predicted octanol–water partition coefficient (Wildman–Crippen LogP) is 3.60. The van der Waals surface area contributed by atoms with E-state index in [0.29, 0.717) is 33.9 Å². The lowest BCUT2D eigenvalue weighted by Crippen LogP contribution is -2.45. The molecule has 3 amide bonds. The molecule has 4 aromatic rings. The number of carbonyl (C=O) groups excluding carboxylic acids is 3. The monoisotopic (exact) mass is 672 g/mol. The lowest BCUT2D eigenvalue weighted by atomic mass is 10.0. The van der Waals surface area contributed by atoms with Crippen LogP contribution in [0.4, 0.5) is 10.1 Å². The van der Waals surface area contributed by atoms with E-state index in [1.54, 1.807) is 66.7 Å². The maximum atomic E-state index is 15.1. The minimum atomic E-state index is -3.48. The summed E-state index contributed by atoms with van der Waals surface area (Å²) in [6, 6.07) is 23.6. The number of benzene rings is 4. The zero-order valence-electron chi connectivity index (χ0n) is 26.2. The molecule has 0 saturated carbocycles. The highest BCUT2D eigenvalue weighted by Crippen LogP contribution is 2.27. The van der Waals surface area contributed by atoms with Crippen molar-refractivity contribution in [3.8, 4) is 22.6 Å². The van der Waals surface area contributed by atoms with Gasteiger partial charge in [0.25, 0.3) is 17.7 Å². The fraction of sp³-hybridized carbons (Fsp3) is 0.229. The summed E-state index contributed by atoms with van der Waals surface area (Å²) < 4.78 is 52.0. The Morgan fingerprint density at radius 2 is 1.65 bits per heavy atom. The van der Waals surface area contributed by atoms with Crippen molar-refractivity contribution in [2.45, 2.75) is 18.7 Å². The molecule has 0 unspecified atom stereocenters. The first kappa shape index (κ1) is 32.5. The largest absolute Gasteiger partial charge is 0.486 e. The molecule has 48 heavy (non-hydrogen) atoms. The van der Waals surface area contributed by atoms with Crippen molar-refractivity contribution in [3.63, 3.8) is 0 Å². The minimum Gasteiger partial charge on any atom is -0.486 e. The van der Waals surface area contributed by atoms with E-state index in [-0.39, 0.29) is 43.6 Å². The van der Waals surface area contributed by atoms with Crippen LogP contribution in [0, 0.1) is 5.82 Å². The van der Waals surface area contributed by atoms with Gasteiger partial charge in [0, 0.05) is 25.7 Å². The molecule has 1 fully saturated rings. The molecule has 248 valence electrons. The van der Waals surface area contributed by atoms with Gasteiger partial charge in [-0.1, -0.05) is 30.3 Å². The molecule has 0 radical (unpaired) electrons. The maximum Gasteiger partial charge on any atom is 0.258 e. The van der Waals surface area contributed by atoms with Crippen LogP contribution in [0.3, 0.4) is 0 Å². The number of nitrogens with zero attached hydrogens (tertiary/aromatic N) is 2. The van der Waals surface area contributed by atoms with Gasteiger partial charge in [-0.2, -0.15) is 0 Å². The second-order valence-electron chi connectivity index (χ2n) is 11.7. The van der Waals surface area contributed by atoms with Crippen molar-refractivity contribution >= 4 is 33.4 Å². The smallest absolute Gasteiger partial charge is 0.258 e. The molecule has 6 bridgehead atoms. The molecule has 0 aliphatic carbocycles. The van der Waals surface area contributed by atoms with Crippen LogP contribution in [0.2, 0.25) is 0 Å². The van der Waals surface area contributed by atoms with Crippen LogP contribution in [0.5, 0.6) is 11.5 Å². The molecular weight excluding hydrogens is 639 g/mol. The van der Waals surface area contributed by atoms with Crippen LogP contribution >= 0.6 is 0 Å². The summed E-state index contributed by atoms with van der Waals surface area (Å²) in [5.74, 6) is -1.15. The summed E-state index contributed by atoms with van der Waals surface area (Å²) in [5.41, 5.74) is 2.56. The van der Waals surface area contributed by atoms with Crippen LogP contribution < -0.4 is 24.4 Å². The molecule has 3 aliphatic rings. The lowest BCUT2D eigenvalue weighted by Gasteiger charge is -2.21. The van der Waals surface area contributed by atoms with Gasteiger partial charge >= 0.3 is 0 Å². The number of nitrogens with one attached hydrogen (secondary N) is 2. The van der Waals surface area contributed by atoms with Crippen molar-refractivity contribution in [3.05, 3.63) is 114 Å². The van der Waals surface area contributed by atoms with Crippen LogP contribution in [-0.4, -0.2) is 76.2 Å². The molecule has 0 spiro atoms. The Labute approximate surface area is 277 Å². The number of anilines is 1. The van der Waals surface area contributed by atoms with Gasteiger partial charge in [0.15, 0.2) is 6.61 Å². The summed E-state index contributed by atoms with van der Waals surface area (Å²) >= 11 is 0. The molecular formula is C35H33FN4O7S. The molecule has 11 nitrogen and oxygen atoms in total. The van der Waals surface area contributed by atoms with Gasteiger partial charge in [-0.25, -0.2) is 12.8 Å². The first-order valence-corrected chi connectivity index (χ1v) is 17.0. The third kappa shape index (κ3) is 7.26.